The van der Waals surface area contributed by atoms with Gasteiger partial charge in [0, 0.05) is 6.04 Å². The van der Waals surface area contributed by atoms with Crippen LogP contribution < -0.4 is 10.5 Å². The van der Waals surface area contributed by atoms with Gasteiger partial charge in [-0.2, -0.15) is 5.26 Å². The number of nitrogens with zero attached hydrogens (tertiary/aromatic N) is 1. The van der Waals surface area contributed by atoms with Gasteiger partial charge in [-0.05, 0) is 48.7 Å². The molecule has 2 rings (SSSR count). The van der Waals surface area contributed by atoms with E-state index in [-0.39, 0.29) is 18.4 Å². The second kappa shape index (κ2) is 6.87. The van der Waals surface area contributed by atoms with Gasteiger partial charge in [0.2, 0.25) is 0 Å². The summed E-state index contributed by atoms with van der Waals surface area (Å²) in [7, 11) is 0. The maximum Gasteiger partial charge on any atom is 0.165 e. The van der Waals surface area contributed by atoms with Crippen molar-refractivity contribution in [1.29, 1.82) is 5.26 Å². The number of hydrogen-bond donors (Lipinski definition) is 1. The maximum atomic E-state index is 13.9. The summed E-state index contributed by atoms with van der Waals surface area (Å²) < 4.78 is 19.4. The van der Waals surface area contributed by atoms with Gasteiger partial charge in [0.05, 0.1) is 11.6 Å². The monoisotopic (exact) mass is 284 g/mol. The van der Waals surface area contributed by atoms with E-state index >= 15 is 0 Å². The van der Waals surface area contributed by atoms with E-state index in [1.54, 1.807) is 24.3 Å². The number of rotatable bonds is 5. The zero-order chi connectivity index (χ0) is 15.2. The summed E-state index contributed by atoms with van der Waals surface area (Å²) in [5.74, 6) is -0.199. The highest BCUT2D eigenvalue weighted by molar-refractivity contribution is 5.33. The van der Waals surface area contributed by atoms with Crippen LogP contribution in [0.25, 0.3) is 0 Å². The summed E-state index contributed by atoms with van der Waals surface area (Å²) in [6, 6.07) is 14.0. The number of nitrogens with two attached hydrogens (primary N) is 1. The van der Waals surface area contributed by atoms with E-state index in [1.165, 1.54) is 6.07 Å². The maximum absolute atomic E-state index is 13.9. The molecule has 0 radical (unpaired) electrons. The molecule has 0 aliphatic heterocycles. The zero-order valence-electron chi connectivity index (χ0n) is 11.8. The Hall–Kier alpha value is -2.38. The summed E-state index contributed by atoms with van der Waals surface area (Å²) in [5, 5.41) is 8.83. The minimum absolute atomic E-state index is 0.00936. The normalized spacial score (nSPS) is 11.7. The molecule has 0 aromatic heterocycles. The quantitative estimate of drug-likeness (QED) is 0.917. The van der Waals surface area contributed by atoms with Gasteiger partial charge in [-0.25, -0.2) is 4.39 Å². The van der Waals surface area contributed by atoms with Gasteiger partial charge < -0.3 is 10.5 Å². The minimum atomic E-state index is -0.399. The van der Waals surface area contributed by atoms with Crippen molar-refractivity contribution in [1.82, 2.24) is 0 Å². The highest BCUT2D eigenvalue weighted by atomic mass is 19.1. The highest BCUT2D eigenvalue weighted by Crippen LogP contribution is 2.20. The molecule has 2 aromatic rings. The number of ether oxygens (including phenoxy) is 1. The number of benzene rings is 2. The molecule has 4 heteroatoms. The van der Waals surface area contributed by atoms with Crippen LogP contribution in [0, 0.1) is 17.1 Å². The van der Waals surface area contributed by atoms with Crippen molar-refractivity contribution in [2.45, 2.75) is 26.0 Å². The number of hydrogen-bond acceptors (Lipinski definition) is 3. The van der Waals surface area contributed by atoms with Gasteiger partial charge in [-0.3, -0.25) is 0 Å². The molecule has 2 aromatic carbocycles. The number of nitriles is 1. The Morgan fingerprint density at radius 3 is 2.71 bits per heavy atom. The molecule has 108 valence electrons. The first kappa shape index (κ1) is 15.0. The molecule has 0 aliphatic carbocycles. The summed E-state index contributed by atoms with van der Waals surface area (Å²) >= 11 is 0. The Labute approximate surface area is 123 Å². The molecule has 0 fully saturated rings. The molecule has 0 heterocycles. The van der Waals surface area contributed by atoms with E-state index < -0.39 is 5.82 Å². The summed E-state index contributed by atoms with van der Waals surface area (Å²) in [6.45, 7) is 2.10. The van der Waals surface area contributed by atoms with Gasteiger partial charge in [-0.1, -0.05) is 18.2 Å². The van der Waals surface area contributed by atoms with Crippen LogP contribution in [-0.4, -0.2) is 6.04 Å². The molecule has 0 aliphatic rings. The van der Waals surface area contributed by atoms with Gasteiger partial charge in [0.15, 0.2) is 11.6 Å². The molecular formula is C17H17FN2O. The van der Waals surface area contributed by atoms with Gasteiger partial charge in [0.25, 0.3) is 0 Å². The van der Waals surface area contributed by atoms with E-state index in [0.717, 1.165) is 11.1 Å². The average Bonchev–Trinajstić information content (AvgIpc) is 2.46. The average molecular weight is 284 g/mol. The van der Waals surface area contributed by atoms with Crippen molar-refractivity contribution in [3.8, 4) is 11.8 Å². The molecule has 21 heavy (non-hydrogen) atoms. The van der Waals surface area contributed by atoms with E-state index in [4.69, 9.17) is 15.7 Å². The predicted molar refractivity (Wildman–Crippen MR) is 79.2 cm³/mol. The Morgan fingerprint density at radius 2 is 2.05 bits per heavy atom. The smallest absolute Gasteiger partial charge is 0.165 e. The topological polar surface area (TPSA) is 59.0 Å². The van der Waals surface area contributed by atoms with Crippen LogP contribution in [0.2, 0.25) is 0 Å². The molecule has 0 saturated carbocycles. The second-order valence-electron chi connectivity index (χ2n) is 5.05. The lowest BCUT2D eigenvalue weighted by molar-refractivity contribution is 0.290. The second-order valence-corrected chi connectivity index (χ2v) is 5.05. The third kappa shape index (κ3) is 4.30. The van der Waals surface area contributed by atoms with E-state index in [0.29, 0.717) is 12.0 Å². The first-order valence-corrected chi connectivity index (χ1v) is 6.74. The molecular weight excluding hydrogens is 267 g/mol. The molecule has 2 N–H and O–H groups in total. The van der Waals surface area contributed by atoms with Crippen LogP contribution in [0.5, 0.6) is 5.75 Å². The molecule has 3 nitrogen and oxygen atoms in total. The van der Waals surface area contributed by atoms with Crippen LogP contribution in [0.15, 0.2) is 42.5 Å². The third-order valence-corrected chi connectivity index (χ3v) is 3.00. The minimum Gasteiger partial charge on any atom is -0.486 e. The molecule has 0 amide bonds. The highest BCUT2D eigenvalue weighted by Gasteiger charge is 2.07. The predicted octanol–water partition coefficient (Wildman–Crippen LogP) is 3.17. The largest absolute Gasteiger partial charge is 0.486 e. The van der Waals surface area contributed by atoms with E-state index in [1.807, 2.05) is 19.1 Å². The Balaban J connectivity index is 2.04. The van der Waals surface area contributed by atoms with Gasteiger partial charge >= 0.3 is 0 Å². The Bertz CT molecular complexity index is 662. The first-order valence-electron chi connectivity index (χ1n) is 6.74. The third-order valence-electron chi connectivity index (χ3n) is 3.00. The van der Waals surface area contributed by atoms with Crippen LogP contribution >= 0.6 is 0 Å². The van der Waals surface area contributed by atoms with Crippen LogP contribution in [0.4, 0.5) is 4.39 Å². The lowest BCUT2D eigenvalue weighted by Crippen LogP contribution is -2.17. The van der Waals surface area contributed by atoms with Gasteiger partial charge in [-0.15, -0.1) is 0 Å². The fraction of sp³-hybridized carbons (Fsp3) is 0.235. The molecule has 0 saturated heterocycles. The van der Waals surface area contributed by atoms with Crippen LogP contribution in [0.1, 0.15) is 23.6 Å². The molecule has 0 bridgehead atoms. The number of halogens is 1. The summed E-state index contributed by atoms with van der Waals surface area (Å²) in [6.07, 6.45) is 0.626. The molecule has 1 atom stereocenters. The SMILES string of the molecule is CC(N)Cc1ccc(OCc2cccc(C#N)c2)c(F)c1. The first-order chi connectivity index (χ1) is 10.1. The molecule has 1 unspecified atom stereocenters. The Kier molecular flexibility index (Phi) is 4.91. The fourth-order valence-electron chi connectivity index (χ4n) is 2.05. The van der Waals surface area contributed by atoms with E-state index in [9.17, 15) is 4.39 Å². The van der Waals surface area contributed by atoms with Crippen LogP contribution in [-0.2, 0) is 13.0 Å². The van der Waals surface area contributed by atoms with Crippen molar-refractivity contribution in [2.24, 2.45) is 5.73 Å². The zero-order valence-corrected chi connectivity index (χ0v) is 11.8. The van der Waals surface area contributed by atoms with E-state index in [2.05, 4.69) is 6.07 Å². The Morgan fingerprint density at radius 1 is 1.24 bits per heavy atom. The lowest BCUT2D eigenvalue weighted by atomic mass is 10.1. The summed E-state index contributed by atoms with van der Waals surface area (Å²) in [4.78, 5) is 0. The van der Waals surface area contributed by atoms with Crippen molar-refractivity contribution in [3.63, 3.8) is 0 Å². The standard InChI is InChI=1S/C17H17FN2O/c1-12(20)7-13-5-6-17(16(18)9-13)21-11-15-4-2-3-14(8-15)10-19/h2-6,8-9,12H,7,11,20H2,1H3. The van der Waals surface area contributed by atoms with Crippen LogP contribution in [0.3, 0.4) is 0 Å². The van der Waals surface area contributed by atoms with Gasteiger partial charge in [0.1, 0.15) is 6.61 Å². The van der Waals surface area contributed by atoms with Crippen molar-refractivity contribution in [2.75, 3.05) is 0 Å². The van der Waals surface area contributed by atoms with Crippen molar-refractivity contribution < 1.29 is 9.13 Å². The van der Waals surface area contributed by atoms with Crippen molar-refractivity contribution in [3.05, 3.63) is 65.0 Å². The lowest BCUT2D eigenvalue weighted by Gasteiger charge is -2.10. The molecule has 0 spiro atoms. The fourth-order valence-corrected chi connectivity index (χ4v) is 2.05. The van der Waals surface area contributed by atoms with Crippen molar-refractivity contribution >= 4 is 0 Å². The summed E-state index contributed by atoms with van der Waals surface area (Å²) in [5.41, 5.74) is 7.93.